The number of ether oxygens (including phenoxy) is 1. The molecule has 0 fully saturated rings. The van der Waals surface area contributed by atoms with Gasteiger partial charge in [-0.05, 0) is 19.1 Å². The van der Waals surface area contributed by atoms with Crippen molar-refractivity contribution in [3.05, 3.63) is 41.7 Å². The maximum atomic E-state index is 12.2. The van der Waals surface area contributed by atoms with Crippen molar-refractivity contribution in [1.29, 1.82) is 0 Å². The van der Waals surface area contributed by atoms with E-state index in [1.54, 1.807) is 16.9 Å². The highest BCUT2D eigenvalue weighted by Crippen LogP contribution is 2.24. The molecule has 0 atom stereocenters. The standard InChI is InChI=1S/C14H16F3N5O/c1-9-10(8-20-22(9)2)7-19-13(18)21-11-4-3-5-12(6-11)23-14(15,16)17/h3-6,8H,7H2,1-2H3,(H3,18,19,21). The Hall–Kier alpha value is -2.71. The average molecular weight is 327 g/mol. The van der Waals surface area contributed by atoms with Crippen LogP contribution in [0.1, 0.15) is 11.3 Å². The van der Waals surface area contributed by atoms with E-state index < -0.39 is 6.36 Å². The van der Waals surface area contributed by atoms with Gasteiger partial charge in [0.2, 0.25) is 0 Å². The number of anilines is 1. The molecule has 1 heterocycles. The molecule has 124 valence electrons. The van der Waals surface area contributed by atoms with E-state index in [1.807, 2.05) is 14.0 Å². The van der Waals surface area contributed by atoms with Crippen molar-refractivity contribution in [3.8, 4) is 5.75 Å². The van der Waals surface area contributed by atoms with Gasteiger partial charge in [-0.15, -0.1) is 13.2 Å². The van der Waals surface area contributed by atoms with Crippen LogP contribution in [0, 0.1) is 6.92 Å². The van der Waals surface area contributed by atoms with Gasteiger partial charge in [-0.25, -0.2) is 4.99 Å². The van der Waals surface area contributed by atoms with E-state index in [4.69, 9.17) is 5.73 Å². The number of benzene rings is 1. The Kier molecular flexibility index (Phi) is 4.77. The highest BCUT2D eigenvalue weighted by atomic mass is 19.4. The van der Waals surface area contributed by atoms with Gasteiger partial charge in [0.1, 0.15) is 5.75 Å². The number of nitrogens with zero attached hydrogens (tertiary/aromatic N) is 3. The lowest BCUT2D eigenvalue weighted by atomic mass is 10.3. The fourth-order valence-electron chi connectivity index (χ4n) is 1.83. The molecule has 1 aromatic carbocycles. The molecule has 9 heteroatoms. The predicted molar refractivity (Wildman–Crippen MR) is 80.0 cm³/mol. The van der Waals surface area contributed by atoms with Gasteiger partial charge in [-0.1, -0.05) is 6.07 Å². The number of hydrogen-bond donors (Lipinski definition) is 2. The van der Waals surface area contributed by atoms with E-state index in [2.05, 4.69) is 20.1 Å². The Morgan fingerprint density at radius 1 is 1.43 bits per heavy atom. The van der Waals surface area contributed by atoms with Gasteiger partial charge in [0.15, 0.2) is 5.96 Å². The summed E-state index contributed by atoms with van der Waals surface area (Å²) in [6.45, 7) is 2.22. The molecule has 2 aromatic rings. The molecule has 1 aromatic heterocycles. The Bertz CT molecular complexity index is 709. The zero-order chi connectivity index (χ0) is 17.0. The number of guanidine groups is 1. The topological polar surface area (TPSA) is 77.5 Å². The Balaban J connectivity index is 2.02. The first-order valence-corrected chi connectivity index (χ1v) is 6.65. The minimum Gasteiger partial charge on any atom is -0.406 e. The number of alkyl halides is 3. The van der Waals surface area contributed by atoms with E-state index in [0.29, 0.717) is 12.2 Å². The number of halogens is 3. The third kappa shape index (κ3) is 4.90. The van der Waals surface area contributed by atoms with Crippen molar-refractivity contribution < 1.29 is 17.9 Å². The lowest BCUT2D eigenvalue weighted by Crippen LogP contribution is -2.23. The zero-order valence-electron chi connectivity index (χ0n) is 12.6. The molecule has 0 saturated heterocycles. The van der Waals surface area contributed by atoms with Gasteiger partial charge in [0, 0.05) is 30.1 Å². The zero-order valence-corrected chi connectivity index (χ0v) is 12.6. The van der Waals surface area contributed by atoms with Crippen molar-refractivity contribution in [2.24, 2.45) is 17.8 Å². The highest BCUT2D eigenvalue weighted by molar-refractivity contribution is 5.92. The molecule has 3 N–H and O–H groups in total. The Morgan fingerprint density at radius 2 is 2.17 bits per heavy atom. The summed E-state index contributed by atoms with van der Waals surface area (Å²) < 4.78 is 42.1. The maximum absolute atomic E-state index is 12.2. The summed E-state index contributed by atoms with van der Waals surface area (Å²) in [7, 11) is 1.82. The van der Waals surface area contributed by atoms with Gasteiger partial charge in [-0.2, -0.15) is 5.10 Å². The highest BCUT2D eigenvalue weighted by Gasteiger charge is 2.31. The molecule has 0 saturated carbocycles. The normalized spacial score (nSPS) is 12.3. The van der Waals surface area contributed by atoms with Gasteiger partial charge in [-0.3, -0.25) is 4.68 Å². The maximum Gasteiger partial charge on any atom is 0.573 e. The Morgan fingerprint density at radius 3 is 2.78 bits per heavy atom. The summed E-state index contributed by atoms with van der Waals surface area (Å²) in [4.78, 5) is 4.14. The molecular formula is C14H16F3N5O. The van der Waals surface area contributed by atoms with Crippen LogP contribution in [0.4, 0.5) is 18.9 Å². The lowest BCUT2D eigenvalue weighted by molar-refractivity contribution is -0.274. The molecule has 23 heavy (non-hydrogen) atoms. The van der Waals surface area contributed by atoms with E-state index in [9.17, 15) is 13.2 Å². The van der Waals surface area contributed by atoms with Crippen LogP contribution < -0.4 is 15.8 Å². The second kappa shape index (κ2) is 6.59. The molecule has 0 spiro atoms. The number of nitrogens with two attached hydrogens (primary N) is 1. The van der Waals surface area contributed by atoms with Crippen LogP contribution in [0.5, 0.6) is 5.75 Å². The Labute approximate surface area is 130 Å². The van der Waals surface area contributed by atoms with E-state index in [0.717, 1.165) is 11.3 Å². The van der Waals surface area contributed by atoms with Crippen LogP contribution in [0.25, 0.3) is 0 Å². The minimum absolute atomic E-state index is 0.0809. The molecule has 0 aliphatic rings. The molecule has 0 bridgehead atoms. The first kappa shape index (κ1) is 16.7. The minimum atomic E-state index is -4.74. The SMILES string of the molecule is Cc1c(CN=C(N)Nc2cccc(OC(F)(F)F)c2)cnn1C. The first-order valence-electron chi connectivity index (χ1n) is 6.65. The number of hydrogen-bond acceptors (Lipinski definition) is 3. The average Bonchev–Trinajstić information content (AvgIpc) is 2.75. The number of rotatable bonds is 4. The molecule has 0 aliphatic heterocycles. The summed E-state index contributed by atoms with van der Waals surface area (Å²) >= 11 is 0. The molecule has 2 rings (SSSR count). The van der Waals surface area contributed by atoms with Gasteiger partial charge in [0.25, 0.3) is 0 Å². The van der Waals surface area contributed by atoms with Crippen molar-refractivity contribution in [2.75, 3.05) is 5.32 Å². The summed E-state index contributed by atoms with van der Waals surface area (Å²) in [5.74, 6) is -0.254. The second-order valence-electron chi connectivity index (χ2n) is 4.78. The number of nitrogens with one attached hydrogen (secondary N) is 1. The van der Waals surface area contributed by atoms with Crippen molar-refractivity contribution in [3.63, 3.8) is 0 Å². The summed E-state index contributed by atoms with van der Waals surface area (Å²) in [5.41, 5.74) is 7.95. The van der Waals surface area contributed by atoms with Gasteiger partial charge in [0.05, 0.1) is 12.7 Å². The fraction of sp³-hybridized carbons (Fsp3) is 0.286. The van der Waals surface area contributed by atoms with Crippen LogP contribution in [-0.4, -0.2) is 22.1 Å². The second-order valence-corrected chi connectivity index (χ2v) is 4.78. The van der Waals surface area contributed by atoms with Crippen LogP contribution in [0.15, 0.2) is 35.5 Å². The first-order chi connectivity index (χ1) is 10.7. The third-order valence-corrected chi connectivity index (χ3v) is 3.10. The van der Waals surface area contributed by atoms with E-state index >= 15 is 0 Å². The summed E-state index contributed by atoms with van der Waals surface area (Å²) in [5, 5.41) is 6.80. The quantitative estimate of drug-likeness (QED) is 0.668. The number of aryl methyl sites for hydroxylation is 1. The largest absolute Gasteiger partial charge is 0.573 e. The lowest BCUT2D eigenvalue weighted by Gasteiger charge is -2.11. The van der Waals surface area contributed by atoms with E-state index in [1.165, 1.54) is 18.2 Å². The van der Waals surface area contributed by atoms with Gasteiger partial charge >= 0.3 is 6.36 Å². The smallest absolute Gasteiger partial charge is 0.406 e. The van der Waals surface area contributed by atoms with Crippen molar-refractivity contribution in [1.82, 2.24) is 9.78 Å². The molecular weight excluding hydrogens is 311 g/mol. The molecule has 6 nitrogen and oxygen atoms in total. The van der Waals surface area contributed by atoms with Crippen LogP contribution >= 0.6 is 0 Å². The molecule has 0 amide bonds. The third-order valence-electron chi connectivity index (χ3n) is 3.10. The number of aromatic nitrogens is 2. The molecule has 0 unspecified atom stereocenters. The van der Waals surface area contributed by atoms with Crippen molar-refractivity contribution in [2.45, 2.75) is 19.8 Å². The molecule has 0 radical (unpaired) electrons. The van der Waals surface area contributed by atoms with Crippen LogP contribution in [0.3, 0.4) is 0 Å². The van der Waals surface area contributed by atoms with Crippen LogP contribution in [-0.2, 0) is 13.6 Å². The van der Waals surface area contributed by atoms with Crippen molar-refractivity contribution >= 4 is 11.6 Å². The monoisotopic (exact) mass is 327 g/mol. The molecule has 0 aliphatic carbocycles. The fourth-order valence-corrected chi connectivity index (χ4v) is 1.83. The van der Waals surface area contributed by atoms with Gasteiger partial charge < -0.3 is 15.8 Å². The summed E-state index contributed by atoms with van der Waals surface area (Å²) in [6, 6.07) is 5.36. The number of aliphatic imine (C=N–C) groups is 1. The van der Waals surface area contributed by atoms with Crippen LogP contribution in [0.2, 0.25) is 0 Å². The van der Waals surface area contributed by atoms with E-state index in [-0.39, 0.29) is 11.7 Å². The summed E-state index contributed by atoms with van der Waals surface area (Å²) in [6.07, 6.45) is -3.06. The predicted octanol–water partition coefficient (Wildman–Crippen LogP) is 2.55.